The van der Waals surface area contributed by atoms with Gasteiger partial charge in [-0.2, -0.15) is 0 Å². The number of rotatable bonds is 3. The molecule has 3 N–H and O–H groups in total. The summed E-state index contributed by atoms with van der Waals surface area (Å²) in [6.45, 7) is 4.49. The Labute approximate surface area is 91.9 Å². The summed E-state index contributed by atoms with van der Waals surface area (Å²) in [5.41, 5.74) is 2.75. The van der Waals surface area contributed by atoms with Crippen LogP contribution in [0.2, 0.25) is 0 Å². The Balaban J connectivity index is 1.87. The lowest BCUT2D eigenvalue weighted by Crippen LogP contribution is -2.44. The van der Waals surface area contributed by atoms with Crippen molar-refractivity contribution in [3.63, 3.8) is 0 Å². The summed E-state index contributed by atoms with van der Waals surface area (Å²) in [6.07, 6.45) is 6.37. The molecule has 0 aromatic heterocycles. The predicted octanol–water partition coefficient (Wildman–Crippen LogP) is 1.09. The quantitative estimate of drug-likeness (QED) is 0.317. The third-order valence-corrected chi connectivity index (χ3v) is 3.26. The lowest BCUT2D eigenvalue weighted by molar-refractivity contribution is 0.444. The summed E-state index contributed by atoms with van der Waals surface area (Å²) >= 11 is 0. The van der Waals surface area contributed by atoms with Gasteiger partial charge in [-0.15, -0.1) is 0 Å². The molecule has 0 radical (unpaired) electrons. The zero-order valence-electron chi connectivity index (χ0n) is 9.58. The van der Waals surface area contributed by atoms with Crippen LogP contribution in [-0.4, -0.2) is 30.0 Å². The largest absolute Gasteiger partial charge is 0.342 e. The minimum absolute atomic E-state index is 0.543. The van der Waals surface area contributed by atoms with Crippen LogP contribution in [0.15, 0.2) is 4.99 Å². The minimum atomic E-state index is 0.543. The molecular formula is C11H22N4. The molecule has 0 bridgehead atoms. The van der Waals surface area contributed by atoms with Crippen LogP contribution in [0.4, 0.5) is 0 Å². The van der Waals surface area contributed by atoms with Gasteiger partial charge in [0.1, 0.15) is 0 Å². The van der Waals surface area contributed by atoms with Gasteiger partial charge >= 0.3 is 0 Å². The van der Waals surface area contributed by atoms with Crippen molar-refractivity contribution in [1.29, 1.82) is 0 Å². The van der Waals surface area contributed by atoms with Crippen LogP contribution < -0.4 is 11.3 Å². The Morgan fingerprint density at radius 1 is 1.47 bits per heavy atom. The van der Waals surface area contributed by atoms with Gasteiger partial charge in [-0.3, -0.25) is 5.43 Å². The lowest BCUT2D eigenvalue weighted by atomic mass is 10.0. The van der Waals surface area contributed by atoms with Gasteiger partial charge in [-0.25, -0.2) is 10.8 Å². The molecule has 1 saturated heterocycles. The van der Waals surface area contributed by atoms with Gasteiger partial charge in [0.2, 0.25) is 5.96 Å². The number of likely N-dealkylation sites (tertiary alicyclic amines) is 1. The molecule has 4 heteroatoms. The van der Waals surface area contributed by atoms with Crippen molar-refractivity contribution in [3.8, 4) is 0 Å². The fraction of sp³-hybridized carbons (Fsp3) is 0.909. The highest BCUT2D eigenvalue weighted by molar-refractivity contribution is 5.80. The molecule has 2 rings (SSSR count). The summed E-state index contributed by atoms with van der Waals surface area (Å²) in [5, 5.41) is 0. The highest BCUT2D eigenvalue weighted by Gasteiger charge is 2.27. The van der Waals surface area contributed by atoms with E-state index < -0.39 is 0 Å². The van der Waals surface area contributed by atoms with Gasteiger partial charge < -0.3 is 4.90 Å². The number of hydrazine groups is 1. The SMILES string of the molecule is CCCC1CCN(C(=NC2CC2)NN)C1. The van der Waals surface area contributed by atoms with Gasteiger partial charge in [-0.1, -0.05) is 13.3 Å². The summed E-state index contributed by atoms with van der Waals surface area (Å²) in [5.74, 6) is 7.28. The monoisotopic (exact) mass is 210 g/mol. The van der Waals surface area contributed by atoms with Crippen molar-refractivity contribution >= 4 is 5.96 Å². The molecule has 1 unspecified atom stereocenters. The normalized spacial score (nSPS) is 27.2. The van der Waals surface area contributed by atoms with Crippen LogP contribution in [0.1, 0.15) is 39.0 Å². The Kier molecular flexibility index (Phi) is 3.46. The van der Waals surface area contributed by atoms with E-state index in [-0.39, 0.29) is 0 Å². The Hall–Kier alpha value is -0.770. The van der Waals surface area contributed by atoms with E-state index in [1.54, 1.807) is 0 Å². The van der Waals surface area contributed by atoms with Crippen LogP contribution in [-0.2, 0) is 0 Å². The number of hydrogen-bond acceptors (Lipinski definition) is 2. The second-order valence-electron chi connectivity index (χ2n) is 4.72. The van der Waals surface area contributed by atoms with Crippen LogP contribution in [0.3, 0.4) is 0 Å². The summed E-state index contributed by atoms with van der Waals surface area (Å²) < 4.78 is 0. The number of nitrogens with two attached hydrogens (primary N) is 1. The second kappa shape index (κ2) is 4.84. The van der Waals surface area contributed by atoms with Gasteiger partial charge in [-0.05, 0) is 31.6 Å². The molecule has 1 atom stereocenters. The third-order valence-electron chi connectivity index (χ3n) is 3.26. The highest BCUT2D eigenvalue weighted by Crippen LogP contribution is 2.25. The number of nitrogens with zero attached hydrogens (tertiary/aromatic N) is 2. The second-order valence-corrected chi connectivity index (χ2v) is 4.72. The third kappa shape index (κ3) is 2.84. The molecule has 0 aromatic carbocycles. The number of guanidine groups is 1. The fourth-order valence-electron chi connectivity index (χ4n) is 2.26. The van der Waals surface area contributed by atoms with Crippen molar-refractivity contribution in [2.45, 2.75) is 45.1 Å². The van der Waals surface area contributed by atoms with Crippen LogP contribution in [0.5, 0.6) is 0 Å². The van der Waals surface area contributed by atoms with E-state index in [1.165, 1.54) is 32.1 Å². The first kappa shape index (κ1) is 10.7. The van der Waals surface area contributed by atoms with Crippen molar-refractivity contribution in [2.24, 2.45) is 16.8 Å². The zero-order chi connectivity index (χ0) is 10.7. The van der Waals surface area contributed by atoms with Crippen molar-refractivity contribution < 1.29 is 0 Å². The fourth-order valence-corrected chi connectivity index (χ4v) is 2.26. The number of nitrogens with one attached hydrogen (secondary N) is 1. The van der Waals surface area contributed by atoms with E-state index >= 15 is 0 Å². The van der Waals surface area contributed by atoms with E-state index in [9.17, 15) is 0 Å². The van der Waals surface area contributed by atoms with E-state index in [0.717, 1.165) is 25.0 Å². The molecule has 1 aliphatic carbocycles. The molecule has 4 nitrogen and oxygen atoms in total. The average molecular weight is 210 g/mol. The number of aliphatic imine (C=N–C) groups is 1. The van der Waals surface area contributed by atoms with Gasteiger partial charge in [0.15, 0.2) is 0 Å². The molecule has 1 saturated carbocycles. The van der Waals surface area contributed by atoms with Crippen LogP contribution in [0.25, 0.3) is 0 Å². The summed E-state index contributed by atoms with van der Waals surface area (Å²) in [6, 6.07) is 0.543. The topological polar surface area (TPSA) is 53.6 Å². The summed E-state index contributed by atoms with van der Waals surface area (Å²) in [4.78, 5) is 6.89. The van der Waals surface area contributed by atoms with Crippen LogP contribution in [0, 0.1) is 5.92 Å². The molecule has 2 fully saturated rings. The molecule has 0 amide bonds. The van der Waals surface area contributed by atoms with E-state index in [4.69, 9.17) is 5.84 Å². The number of hydrogen-bond donors (Lipinski definition) is 2. The maximum atomic E-state index is 5.53. The molecule has 1 aliphatic heterocycles. The van der Waals surface area contributed by atoms with Crippen molar-refractivity contribution in [1.82, 2.24) is 10.3 Å². The average Bonchev–Trinajstić information content (AvgIpc) is 2.95. The zero-order valence-corrected chi connectivity index (χ0v) is 9.58. The maximum Gasteiger partial charge on any atom is 0.208 e. The predicted molar refractivity (Wildman–Crippen MR) is 62.4 cm³/mol. The van der Waals surface area contributed by atoms with Crippen molar-refractivity contribution in [3.05, 3.63) is 0 Å². The molecule has 15 heavy (non-hydrogen) atoms. The molecule has 86 valence electrons. The van der Waals surface area contributed by atoms with E-state index in [0.29, 0.717) is 6.04 Å². The Morgan fingerprint density at radius 3 is 2.87 bits per heavy atom. The van der Waals surface area contributed by atoms with Gasteiger partial charge in [0, 0.05) is 13.1 Å². The first-order chi connectivity index (χ1) is 7.33. The smallest absolute Gasteiger partial charge is 0.208 e. The minimum Gasteiger partial charge on any atom is -0.342 e. The van der Waals surface area contributed by atoms with E-state index in [2.05, 4.69) is 22.2 Å². The molecule has 1 heterocycles. The van der Waals surface area contributed by atoms with Gasteiger partial charge in [0.05, 0.1) is 6.04 Å². The maximum absolute atomic E-state index is 5.53. The lowest BCUT2D eigenvalue weighted by Gasteiger charge is -2.20. The molecule has 0 aromatic rings. The molecule has 2 aliphatic rings. The summed E-state index contributed by atoms with van der Waals surface area (Å²) in [7, 11) is 0. The van der Waals surface area contributed by atoms with Crippen molar-refractivity contribution in [2.75, 3.05) is 13.1 Å². The Bertz CT molecular complexity index is 235. The first-order valence-electron chi connectivity index (χ1n) is 6.12. The van der Waals surface area contributed by atoms with E-state index in [1.807, 2.05) is 0 Å². The standard InChI is InChI=1S/C11H22N4/c1-2-3-9-6-7-15(8-9)11(14-12)13-10-4-5-10/h9-10H,2-8,12H2,1H3,(H,13,14). The highest BCUT2D eigenvalue weighted by atomic mass is 15.4. The van der Waals surface area contributed by atoms with Gasteiger partial charge in [0.25, 0.3) is 0 Å². The Morgan fingerprint density at radius 2 is 2.27 bits per heavy atom. The molecule has 0 spiro atoms. The molecular weight excluding hydrogens is 188 g/mol. The van der Waals surface area contributed by atoms with Crippen LogP contribution >= 0.6 is 0 Å². The first-order valence-corrected chi connectivity index (χ1v) is 6.12.